The number of carbonyl (C=O) groups is 1. The fourth-order valence-electron chi connectivity index (χ4n) is 1.90. The molecule has 0 atom stereocenters. The van der Waals surface area contributed by atoms with E-state index >= 15 is 0 Å². The van der Waals surface area contributed by atoms with Crippen LogP contribution in [0.4, 0.5) is 5.82 Å². The van der Waals surface area contributed by atoms with Crippen LogP contribution in [0.5, 0.6) is 0 Å². The number of aromatic nitrogens is 2. The van der Waals surface area contributed by atoms with E-state index in [0.29, 0.717) is 31.3 Å². The lowest BCUT2D eigenvalue weighted by Crippen LogP contribution is -2.38. The number of hydrogen-bond acceptors (Lipinski definition) is 5. The molecule has 3 N–H and O–H groups in total. The van der Waals surface area contributed by atoms with Gasteiger partial charge < -0.3 is 16.0 Å². The van der Waals surface area contributed by atoms with Gasteiger partial charge in [0.25, 0.3) is 0 Å². The Bertz CT molecular complexity index is 701. The number of thiazole rings is 1. The molecule has 2 aromatic heterocycles. The highest BCUT2D eigenvalue weighted by Crippen LogP contribution is 2.10. The van der Waals surface area contributed by atoms with Gasteiger partial charge in [-0.15, -0.1) is 35.3 Å². The van der Waals surface area contributed by atoms with E-state index in [-0.39, 0.29) is 29.9 Å². The van der Waals surface area contributed by atoms with Crippen LogP contribution in [0.15, 0.2) is 29.5 Å². The molecule has 0 saturated carbocycles. The Morgan fingerprint density at radius 1 is 1.20 bits per heavy atom. The predicted molar refractivity (Wildman–Crippen MR) is 113 cm³/mol. The van der Waals surface area contributed by atoms with Crippen molar-refractivity contribution < 1.29 is 4.79 Å². The minimum absolute atomic E-state index is 0. The largest absolute Gasteiger partial charge is 0.356 e. The molecule has 2 aromatic rings. The molecular weight excluding hydrogens is 451 g/mol. The molecule has 9 heteroatoms. The average Bonchev–Trinajstić information content (AvgIpc) is 2.98. The average molecular weight is 474 g/mol. The molecular formula is C16H23IN6OS. The topological polar surface area (TPSA) is 91.3 Å². The van der Waals surface area contributed by atoms with Crippen LogP contribution < -0.4 is 16.0 Å². The van der Waals surface area contributed by atoms with Gasteiger partial charge >= 0.3 is 0 Å². The van der Waals surface area contributed by atoms with Gasteiger partial charge in [-0.1, -0.05) is 6.07 Å². The molecule has 136 valence electrons. The van der Waals surface area contributed by atoms with Crippen LogP contribution in [0.25, 0.3) is 0 Å². The Morgan fingerprint density at radius 2 is 2.00 bits per heavy atom. The summed E-state index contributed by atoms with van der Waals surface area (Å²) in [5.74, 6) is 1.11. The summed E-state index contributed by atoms with van der Waals surface area (Å²) < 4.78 is 0. The zero-order valence-electron chi connectivity index (χ0n) is 14.5. The number of nitrogens with zero attached hydrogens (tertiary/aromatic N) is 3. The second-order valence-electron chi connectivity index (χ2n) is 5.24. The molecule has 0 aliphatic heterocycles. The highest BCUT2D eigenvalue weighted by Gasteiger charge is 2.05. The summed E-state index contributed by atoms with van der Waals surface area (Å²) in [4.78, 5) is 25.6. The molecule has 0 radical (unpaired) electrons. The van der Waals surface area contributed by atoms with Crippen molar-refractivity contribution in [1.29, 1.82) is 0 Å². The summed E-state index contributed by atoms with van der Waals surface area (Å²) >= 11 is 1.64. The lowest BCUT2D eigenvalue weighted by Gasteiger charge is -2.10. The Labute approximate surface area is 168 Å². The molecule has 1 amide bonds. The Kier molecular flexibility index (Phi) is 9.35. The van der Waals surface area contributed by atoms with Crippen LogP contribution in [0.2, 0.25) is 0 Å². The van der Waals surface area contributed by atoms with Gasteiger partial charge in [-0.2, -0.15) is 0 Å². The molecule has 2 heterocycles. The van der Waals surface area contributed by atoms with Crippen molar-refractivity contribution in [2.75, 3.05) is 18.9 Å². The third-order valence-corrected chi connectivity index (χ3v) is 4.04. The summed E-state index contributed by atoms with van der Waals surface area (Å²) in [5, 5.41) is 10.0. The Balaban J connectivity index is 0.00000312. The van der Waals surface area contributed by atoms with Gasteiger partial charge in [-0.25, -0.2) is 9.97 Å². The third kappa shape index (κ3) is 7.78. The quantitative estimate of drug-likeness (QED) is 0.340. The molecule has 7 nitrogen and oxygen atoms in total. The van der Waals surface area contributed by atoms with Gasteiger partial charge in [-0.05, 0) is 25.5 Å². The summed E-state index contributed by atoms with van der Waals surface area (Å²) in [6.07, 6.45) is 3.90. The van der Waals surface area contributed by atoms with Crippen molar-refractivity contribution in [3.63, 3.8) is 0 Å². The van der Waals surface area contributed by atoms with Crippen molar-refractivity contribution in [2.45, 2.75) is 26.8 Å². The van der Waals surface area contributed by atoms with Gasteiger partial charge in [0.05, 0.1) is 6.54 Å². The standard InChI is InChI=1S/C16H22N6OS.HI/c1-11-4-5-13(19-8-11)22-14(23)6-7-18-16(17-3)21-10-15-20-9-12(2)24-15;/h4-5,8-9H,6-7,10H2,1-3H3,(H2,17,18,21)(H,19,22,23);1H. The van der Waals surface area contributed by atoms with Crippen LogP contribution in [0.1, 0.15) is 21.9 Å². The number of guanidine groups is 1. The summed E-state index contributed by atoms with van der Waals surface area (Å²) in [6.45, 7) is 5.07. The van der Waals surface area contributed by atoms with Crippen molar-refractivity contribution in [3.8, 4) is 0 Å². The number of anilines is 1. The first kappa shape index (κ1) is 21.3. The second-order valence-corrected chi connectivity index (χ2v) is 6.56. The molecule has 0 aliphatic rings. The van der Waals surface area contributed by atoms with Crippen LogP contribution in [0, 0.1) is 13.8 Å². The van der Waals surface area contributed by atoms with E-state index in [0.717, 1.165) is 10.6 Å². The summed E-state index contributed by atoms with van der Waals surface area (Å²) in [7, 11) is 1.69. The van der Waals surface area contributed by atoms with Gasteiger partial charge in [0.2, 0.25) is 5.91 Å². The fourth-order valence-corrected chi connectivity index (χ4v) is 2.63. The fraction of sp³-hybridized carbons (Fsp3) is 0.375. The molecule has 0 saturated heterocycles. The van der Waals surface area contributed by atoms with Crippen molar-refractivity contribution in [1.82, 2.24) is 20.6 Å². The van der Waals surface area contributed by atoms with Crippen LogP contribution in [-0.4, -0.2) is 35.4 Å². The van der Waals surface area contributed by atoms with E-state index < -0.39 is 0 Å². The lowest BCUT2D eigenvalue weighted by molar-refractivity contribution is -0.116. The van der Waals surface area contributed by atoms with Crippen molar-refractivity contribution in [2.24, 2.45) is 4.99 Å². The van der Waals surface area contributed by atoms with E-state index in [2.05, 4.69) is 30.9 Å². The first-order valence-electron chi connectivity index (χ1n) is 7.65. The van der Waals surface area contributed by atoms with E-state index in [9.17, 15) is 4.79 Å². The third-order valence-electron chi connectivity index (χ3n) is 3.12. The maximum absolute atomic E-state index is 11.9. The molecule has 0 bridgehead atoms. The number of pyridine rings is 1. The minimum atomic E-state index is -0.0927. The number of aliphatic imine (C=N–C) groups is 1. The van der Waals surface area contributed by atoms with Crippen molar-refractivity contribution in [3.05, 3.63) is 40.0 Å². The Hall–Kier alpha value is -1.75. The number of aryl methyl sites for hydroxylation is 2. The molecule has 0 aromatic carbocycles. The van der Waals surface area contributed by atoms with Crippen LogP contribution in [0.3, 0.4) is 0 Å². The zero-order valence-corrected chi connectivity index (χ0v) is 17.6. The van der Waals surface area contributed by atoms with E-state index in [1.165, 1.54) is 4.88 Å². The maximum atomic E-state index is 11.9. The number of amides is 1. The van der Waals surface area contributed by atoms with Gasteiger partial charge in [0.1, 0.15) is 10.8 Å². The van der Waals surface area contributed by atoms with Gasteiger partial charge in [-0.3, -0.25) is 9.79 Å². The Morgan fingerprint density at radius 3 is 2.60 bits per heavy atom. The SMILES string of the molecule is CN=C(NCCC(=O)Nc1ccc(C)cn1)NCc1ncc(C)s1.I. The molecule has 0 unspecified atom stereocenters. The van der Waals surface area contributed by atoms with Gasteiger partial charge in [0.15, 0.2) is 5.96 Å². The minimum Gasteiger partial charge on any atom is -0.356 e. The van der Waals surface area contributed by atoms with E-state index in [1.54, 1.807) is 30.6 Å². The number of rotatable bonds is 6. The van der Waals surface area contributed by atoms with Crippen molar-refractivity contribution >= 4 is 53.0 Å². The second kappa shape index (κ2) is 11.0. The first-order valence-corrected chi connectivity index (χ1v) is 8.47. The van der Waals surface area contributed by atoms with E-state index in [1.807, 2.05) is 26.1 Å². The molecule has 0 fully saturated rings. The zero-order chi connectivity index (χ0) is 17.4. The van der Waals surface area contributed by atoms with Gasteiger partial charge in [0, 0.05) is 37.3 Å². The van der Waals surface area contributed by atoms with Crippen LogP contribution in [-0.2, 0) is 11.3 Å². The number of nitrogens with one attached hydrogen (secondary N) is 3. The number of halogens is 1. The maximum Gasteiger partial charge on any atom is 0.227 e. The summed E-state index contributed by atoms with van der Waals surface area (Å²) in [5.41, 5.74) is 1.06. The normalized spacial score (nSPS) is 10.8. The number of hydrogen-bond donors (Lipinski definition) is 3. The highest BCUT2D eigenvalue weighted by molar-refractivity contribution is 14.0. The first-order chi connectivity index (χ1) is 11.6. The highest BCUT2D eigenvalue weighted by atomic mass is 127. The molecule has 0 spiro atoms. The monoisotopic (exact) mass is 474 g/mol. The lowest BCUT2D eigenvalue weighted by atomic mass is 10.3. The summed E-state index contributed by atoms with van der Waals surface area (Å²) in [6, 6.07) is 3.70. The molecule has 25 heavy (non-hydrogen) atoms. The smallest absolute Gasteiger partial charge is 0.227 e. The van der Waals surface area contributed by atoms with Crippen LogP contribution >= 0.6 is 35.3 Å². The molecule has 2 rings (SSSR count). The molecule has 0 aliphatic carbocycles. The predicted octanol–water partition coefficient (Wildman–Crippen LogP) is 2.47. The van der Waals surface area contributed by atoms with E-state index in [4.69, 9.17) is 0 Å². The number of carbonyl (C=O) groups excluding carboxylic acids is 1.